The molecule has 0 fully saturated rings. The van der Waals surface area contributed by atoms with Gasteiger partial charge in [0, 0.05) is 17.6 Å². The maximum absolute atomic E-state index is 10.7. The molecule has 15 heavy (non-hydrogen) atoms. The Kier molecular flexibility index (Phi) is 2.10. The number of nitrogens with one attached hydrogen (secondary N) is 1. The molecule has 0 radical (unpaired) electrons. The Morgan fingerprint density at radius 3 is 3.00 bits per heavy atom. The summed E-state index contributed by atoms with van der Waals surface area (Å²) in [6, 6.07) is 6.85. The summed E-state index contributed by atoms with van der Waals surface area (Å²) in [6.45, 7) is 0. The van der Waals surface area contributed by atoms with Gasteiger partial charge in [-0.2, -0.15) is 5.26 Å². The van der Waals surface area contributed by atoms with Crippen molar-refractivity contribution >= 4 is 16.6 Å². The summed E-state index contributed by atoms with van der Waals surface area (Å²) in [4.78, 5) is 13.1. The molecule has 1 aromatic carbocycles. The summed E-state index contributed by atoms with van der Waals surface area (Å²) in [5, 5.41) is 20.0. The zero-order valence-corrected chi connectivity index (χ0v) is 7.73. The highest BCUT2D eigenvalue weighted by atomic mass is 16.6. The van der Waals surface area contributed by atoms with Gasteiger partial charge in [-0.05, 0) is 5.56 Å². The molecule has 0 amide bonds. The van der Waals surface area contributed by atoms with Gasteiger partial charge in [-0.3, -0.25) is 10.1 Å². The number of para-hydroxylation sites is 1. The highest BCUT2D eigenvalue weighted by Gasteiger charge is 2.14. The van der Waals surface area contributed by atoms with E-state index >= 15 is 0 Å². The molecule has 1 heterocycles. The number of rotatable bonds is 2. The second-order valence-electron chi connectivity index (χ2n) is 3.11. The van der Waals surface area contributed by atoms with Gasteiger partial charge in [0.1, 0.15) is 5.52 Å². The van der Waals surface area contributed by atoms with E-state index in [-0.39, 0.29) is 12.1 Å². The Labute approximate surface area is 85.1 Å². The lowest BCUT2D eigenvalue weighted by molar-refractivity contribution is -0.383. The number of nitro groups is 1. The number of benzene rings is 1. The summed E-state index contributed by atoms with van der Waals surface area (Å²) in [7, 11) is 0. The fourth-order valence-corrected chi connectivity index (χ4v) is 1.58. The van der Waals surface area contributed by atoms with Crippen LogP contribution in [0.25, 0.3) is 10.9 Å². The van der Waals surface area contributed by atoms with E-state index in [0.29, 0.717) is 5.52 Å². The lowest BCUT2D eigenvalue weighted by atomic mass is 10.1. The van der Waals surface area contributed by atoms with Crippen molar-refractivity contribution in [3.63, 3.8) is 0 Å². The first kappa shape index (κ1) is 9.21. The number of fused-ring (bicyclic) bond motifs is 1. The van der Waals surface area contributed by atoms with Crippen molar-refractivity contribution in [2.24, 2.45) is 0 Å². The normalized spacial score (nSPS) is 10.1. The molecule has 0 unspecified atom stereocenters. The number of hydrogen-bond acceptors (Lipinski definition) is 3. The van der Waals surface area contributed by atoms with Crippen LogP contribution in [0.4, 0.5) is 5.69 Å². The smallest absolute Gasteiger partial charge is 0.293 e. The van der Waals surface area contributed by atoms with E-state index in [9.17, 15) is 10.1 Å². The second kappa shape index (κ2) is 3.42. The molecule has 0 bridgehead atoms. The summed E-state index contributed by atoms with van der Waals surface area (Å²) in [6.07, 6.45) is 1.89. The van der Waals surface area contributed by atoms with Gasteiger partial charge in [-0.15, -0.1) is 0 Å². The van der Waals surface area contributed by atoms with Gasteiger partial charge < -0.3 is 4.98 Å². The first-order valence-corrected chi connectivity index (χ1v) is 4.34. The van der Waals surface area contributed by atoms with E-state index in [4.69, 9.17) is 5.26 Å². The molecule has 0 aliphatic carbocycles. The molecule has 74 valence electrons. The number of H-pyrrole nitrogens is 1. The first-order chi connectivity index (χ1) is 7.24. The van der Waals surface area contributed by atoms with Crippen molar-refractivity contribution < 1.29 is 4.92 Å². The summed E-state index contributed by atoms with van der Waals surface area (Å²) in [5.41, 5.74) is 1.31. The zero-order chi connectivity index (χ0) is 10.8. The average Bonchev–Trinajstić information content (AvgIpc) is 2.62. The van der Waals surface area contributed by atoms with E-state index < -0.39 is 4.92 Å². The van der Waals surface area contributed by atoms with Crippen LogP contribution < -0.4 is 0 Å². The lowest BCUT2D eigenvalue weighted by Crippen LogP contribution is -1.88. The molecule has 0 saturated heterocycles. The number of nitro benzene ring substituents is 1. The number of non-ortho nitro benzene ring substituents is 1. The summed E-state index contributed by atoms with van der Waals surface area (Å²) < 4.78 is 0. The minimum Gasteiger partial charge on any atom is -0.355 e. The number of nitriles is 1. The molecule has 2 rings (SSSR count). The predicted molar refractivity (Wildman–Crippen MR) is 54.3 cm³/mol. The monoisotopic (exact) mass is 201 g/mol. The van der Waals surface area contributed by atoms with Gasteiger partial charge in [0.2, 0.25) is 0 Å². The second-order valence-corrected chi connectivity index (χ2v) is 3.11. The number of nitrogens with zero attached hydrogens (tertiary/aromatic N) is 2. The highest BCUT2D eigenvalue weighted by molar-refractivity contribution is 5.90. The fraction of sp³-hybridized carbons (Fsp3) is 0.100. The van der Waals surface area contributed by atoms with Gasteiger partial charge in [-0.1, -0.05) is 12.1 Å². The Morgan fingerprint density at radius 2 is 2.33 bits per heavy atom. The van der Waals surface area contributed by atoms with Gasteiger partial charge in [0.05, 0.1) is 17.4 Å². The van der Waals surface area contributed by atoms with Crippen LogP contribution in [0.2, 0.25) is 0 Å². The van der Waals surface area contributed by atoms with Crippen molar-refractivity contribution in [1.82, 2.24) is 4.98 Å². The van der Waals surface area contributed by atoms with Gasteiger partial charge >= 0.3 is 0 Å². The summed E-state index contributed by atoms with van der Waals surface area (Å²) in [5.74, 6) is 0. The quantitative estimate of drug-likeness (QED) is 0.596. The van der Waals surface area contributed by atoms with Crippen molar-refractivity contribution in [3.05, 3.63) is 40.1 Å². The molecule has 0 atom stereocenters. The molecule has 1 aromatic heterocycles. The van der Waals surface area contributed by atoms with Crippen molar-refractivity contribution in [2.75, 3.05) is 0 Å². The highest BCUT2D eigenvalue weighted by Crippen LogP contribution is 2.26. The average molecular weight is 201 g/mol. The van der Waals surface area contributed by atoms with E-state index in [2.05, 4.69) is 4.98 Å². The van der Waals surface area contributed by atoms with E-state index in [1.165, 1.54) is 6.07 Å². The molecule has 5 nitrogen and oxygen atoms in total. The molecule has 5 heteroatoms. The van der Waals surface area contributed by atoms with Crippen LogP contribution in [0.1, 0.15) is 5.56 Å². The Hall–Kier alpha value is -2.35. The molecule has 0 spiro atoms. The third-order valence-electron chi connectivity index (χ3n) is 2.25. The van der Waals surface area contributed by atoms with Crippen molar-refractivity contribution in [3.8, 4) is 6.07 Å². The Bertz CT molecular complexity index is 566. The van der Waals surface area contributed by atoms with Gasteiger partial charge in [0.15, 0.2) is 0 Å². The molecule has 2 aromatic rings. The third kappa shape index (κ3) is 1.42. The van der Waals surface area contributed by atoms with E-state index in [0.717, 1.165) is 10.9 Å². The largest absolute Gasteiger partial charge is 0.355 e. The Balaban J connectivity index is 2.70. The standard InChI is InChI=1S/C10H7N3O2/c11-5-4-7-6-12-10-8(7)2-1-3-9(10)13(14)15/h1-3,6,12H,4H2. The minimum absolute atomic E-state index is 0.0386. The molecule has 0 aliphatic heterocycles. The summed E-state index contributed by atoms with van der Waals surface area (Å²) >= 11 is 0. The van der Waals surface area contributed by atoms with Crippen LogP contribution in [0.3, 0.4) is 0 Å². The van der Waals surface area contributed by atoms with E-state index in [1.807, 2.05) is 6.07 Å². The van der Waals surface area contributed by atoms with Crippen LogP contribution >= 0.6 is 0 Å². The SMILES string of the molecule is N#CCc1c[nH]c2c([N+](=O)[O-])cccc12. The molecular weight excluding hydrogens is 194 g/mol. The predicted octanol–water partition coefficient (Wildman–Crippen LogP) is 2.14. The number of aromatic amines is 1. The van der Waals surface area contributed by atoms with E-state index in [1.54, 1.807) is 18.3 Å². The van der Waals surface area contributed by atoms with Gasteiger partial charge in [0.25, 0.3) is 5.69 Å². The van der Waals surface area contributed by atoms with Crippen molar-refractivity contribution in [2.45, 2.75) is 6.42 Å². The number of aromatic nitrogens is 1. The van der Waals surface area contributed by atoms with Crippen LogP contribution in [-0.4, -0.2) is 9.91 Å². The maximum atomic E-state index is 10.7. The van der Waals surface area contributed by atoms with Crippen molar-refractivity contribution in [1.29, 1.82) is 5.26 Å². The van der Waals surface area contributed by atoms with Crippen LogP contribution in [0.15, 0.2) is 24.4 Å². The topological polar surface area (TPSA) is 82.7 Å². The molecular formula is C10H7N3O2. The van der Waals surface area contributed by atoms with Crippen LogP contribution in [-0.2, 0) is 6.42 Å². The first-order valence-electron chi connectivity index (χ1n) is 4.34. The Morgan fingerprint density at radius 1 is 1.53 bits per heavy atom. The van der Waals surface area contributed by atoms with Crippen LogP contribution in [0.5, 0.6) is 0 Å². The molecule has 1 N–H and O–H groups in total. The third-order valence-corrected chi connectivity index (χ3v) is 2.25. The maximum Gasteiger partial charge on any atom is 0.293 e. The lowest BCUT2D eigenvalue weighted by Gasteiger charge is -1.94. The minimum atomic E-state index is -0.436. The van der Waals surface area contributed by atoms with Crippen LogP contribution in [0, 0.1) is 21.4 Å². The molecule has 0 saturated carbocycles. The molecule has 0 aliphatic rings. The van der Waals surface area contributed by atoms with Gasteiger partial charge in [-0.25, -0.2) is 0 Å². The fourth-order valence-electron chi connectivity index (χ4n) is 1.58. The number of hydrogen-bond donors (Lipinski definition) is 1. The zero-order valence-electron chi connectivity index (χ0n) is 7.73.